The Morgan fingerprint density at radius 3 is 2.50 bits per heavy atom. The third-order valence-electron chi connectivity index (χ3n) is 6.03. The van der Waals surface area contributed by atoms with E-state index < -0.39 is 22.7 Å². The van der Waals surface area contributed by atoms with Crippen molar-refractivity contribution in [2.75, 3.05) is 39.4 Å². The van der Waals surface area contributed by atoms with E-state index in [1.54, 1.807) is 30.3 Å². The molecule has 0 bridgehead atoms. The van der Waals surface area contributed by atoms with Gasteiger partial charge in [-0.15, -0.1) is 0 Å². The molecule has 2 heterocycles. The van der Waals surface area contributed by atoms with Crippen molar-refractivity contribution in [2.24, 2.45) is 0 Å². The van der Waals surface area contributed by atoms with E-state index in [1.165, 1.54) is 23.1 Å². The minimum absolute atomic E-state index is 0.0980. The van der Waals surface area contributed by atoms with Crippen molar-refractivity contribution in [1.29, 1.82) is 0 Å². The molecule has 1 atom stereocenters. The monoisotopic (exact) mass is 485 g/mol. The SMILES string of the molecule is O=C1C(=O)N(CCCN2CCOCC2)C(c2cccc([N+](=O)[O-])c2)C1=C(O)c1ccc(Cl)cc1. The third kappa shape index (κ3) is 4.96. The normalized spacial score (nSPS) is 20.6. The van der Waals surface area contributed by atoms with Crippen LogP contribution >= 0.6 is 11.6 Å². The molecule has 0 saturated carbocycles. The molecule has 0 aromatic heterocycles. The van der Waals surface area contributed by atoms with E-state index in [-0.39, 0.29) is 23.6 Å². The largest absolute Gasteiger partial charge is 0.507 e. The number of hydrogen-bond acceptors (Lipinski definition) is 7. The molecule has 2 fully saturated rings. The third-order valence-corrected chi connectivity index (χ3v) is 6.28. The molecule has 1 N–H and O–H groups in total. The maximum absolute atomic E-state index is 13.1. The molecular formula is C24H24ClN3O6. The molecule has 10 heteroatoms. The van der Waals surface area contributed by atoms with Gasteiger partial charge >= 0.3 is 0 Å². The molecule has 1 unspecified atom stereocenters. The van der Waals surface area contributed by atoms with Gasteiger partial charge in [0.1, 0.15) is 5.76 Å². The number of ether oxygens (including phenoxy) is 1. The number of hydrogen-bond donors (Lipinski definition) is 1. The van der Waals surface area contributed by atoms with Gasteiger partial charge in [0, 0.05) is 48.9 Å². The number of nitro benzene ring substituents is 1. The standard InChI is InChI=1S/C24H24ClN3O6/c25-18-7-5-16(6-8-18)22(29)20-21(17-3-1-4-19(15-17)28(32)33)27(24(31)23(20)30)10-2-9-26-11-13-34-14-12-26/h1,3-8,15,21,29H,2,9-14H2. The van der Waals surface area contributed by atoms with Crippen molar-refractivity contribution in [2.45, 2.75) is 12.5 Å². The van der Waals surface area contributed by atoms with Gasteiger partial charge in [0.25, 0.3) is 17.4 Å². The Kier molecular flexibility index (Phi) is 7.26. The number of Topliss-reactive ketones (excluding diaryl/α,β-unsaturated/α-hetero) is 1. The van der Waals surface area contributed by atoms with Crippen molar-refractivity contribution in [3.63, 3.8) is 0 Å². The Morgan fingerprint density at radius 2 is 1.82 bits per heavy atom. The van der Waals surface area contributed by atoms with Gasteiger partial charge in [-0.3, -0.25) is 24.6 Å². The molecule has 0 aliphatic carbocycles. The molecule has 178 valence electrons. The lowest BCUT2D eigenvalue weighted by molar-refractivity contribution is -0.384. The first-order valence-corrected chi connectivity index (χ1v) is 11.3. The Labute approximate surface area is 201 Å². The highest BCUT2D eigenvalue weighted by Gasteiger charge is 2.46. The Bertz CT molecular complexity index is 1130. The zero-order chi connectivity index (χ0) is 24.2. The molecule has 2 saturated heterocycles. The Balaban J connectivity index is 1.70. The van der Waals surface area contributed by atoms with Crippen LogP contribution in [-0.2, 0) is 14.3 Å². The number of carbonyl (C=O) groups is 2. The van der Waals surface area contributed by atoms with Crippen LogP contribution in [0.25, 0.3) is 5.76 Å². The summed E-state index contributed by atoms with van der Waals surface area (Å²) in [5.74, 6) is -1.91. The summed E-state index contributed by atoms with van der Waals surface area (Å²) in [7, 11) is 0. The van der Waals surface area contributed by atoms with Crippen LogP contribution in [0.15, 0.2) is 54.1 Å². The molecule has 0 spiro atoms. The van der Waals surface area contributed by atoms with Gasteiger partial charge in [-0.1, -0.05) is 23.7 Å². The van der Waals surface area contributed by atoms with Crippen molar-refractivity contribution < 1.29 is 24.4 Å². The zero-order valence-corrected chi connectivity index (χ0v) is 19.1. The molecule has 4 rings (SSSR count). The number of aliphatic hydroxyl groups excluding tert-OH is 1. The predicted molar refractivity (Wildman–Crippen MR) is 125 cm³/mol. The number of nitro groups is 1. The van der Waals surface area contributed by atoms with E-state index in [4.69, 9.17) is 16.3 Å². The van der Waals surface area contributed by atoms with Crippen LogP contribution in [0, 0.1) is 10.1 Å². The van der Waals surface area contributed by atoms with E-state index in [2.05, 4.69) is 4.90 Å². The van der Waals surface area contributed by atoms with Gasteiger partial charge in [-0.2, -0.15) is 0 Å². The number of likely N-dealkylation sites (tertiary alicyclic amines) is 1. The number of rotatable bonds is 7. The lowest BCUT2D eigenvalue weighted by Crippen LogP contribution is -2.39. The summed E-state index contributed by atoms with van der Waals surface area (Å²) in [6, 6.07) is 11.1. The first-order valence-electron chi connectivity index (χ1n) is 11.0. The highest BCUT2D eigenvalue weighted by Crippen LogP contribution is 2.40. The van der Waals surface area contributed by atoms with Crippen molar-refractivity contribution in [3.8, 4) is 0 Å². The highest BCUT2D eigenvalue weighted by atomic mass is 35.5. The molecule has 2 aliphatic heterocycles. The lowest BCUT2D eigenvalue weighted by atomic mass is 9.95. The molecule has 1 amide bonds. The zero-order valence-electron chi connectivity index (χ0n) is 18.4. The van der Waals surface area contributed by atoms with Crippen LogP contribution in [0.3, 0.4) is 0 Å². The first-order chi connectivity index (χ1) is 16.4. The molecule has 2 aliphatic rings. The van der Waals surface area contributed by atoms with E-state index >= 15 is 0 Å². The average Bonchev–Trinajstić information content (AvgIpc) is 3.10. The number of aliphatic hydroxyl groups is 1. The maximum Gasteiger partial charge on any atom is 0.295 e. The number of benzene rings is 2. The quantitative estimate of drug-likeness (QED) is 0.210. The van der Waals surface area contributed by atoms with E-state index in [1.807, 2.05) is 0 Å². The van der Waals surface area contributed by atoms with Crippen LogP contribution < -0.4 is 0 Å². The summed E-state index contributed by atoms with van der Waals surface area (Å²) in [5, 5.41) is 22.9. The first kappa shape index (κ1) is 23.9. The number of morpholine rings is 1. The predicted octanol–water partition coefficient (Wildman–Crippen LogP) is 3.39. The van der Waals surface area contributed by atoms with Gasteiger partial charge in [-0.05, 0) is 36.2 Å². The van der Waals surface area contributed by atoms with Gasteiger partial charge in [0.15, 0.2) is 0 Å². The topological polar surface area (TPSA) is 113 Å². The minimum atomic E-state index is -0.944. The smallest absolute Gasteiger partial charge is 0.295 e. The highest BCUT2D eigenvalue weighted by molar-refractivity contribution is 6.46. The lowest BCUT2D eigenvalue weighted by Gasteiger charge is -2.29. The van der Waals surface area contributed by atoms with Gasteiger partial charge in [-0.25, -0.2) is 0 Å². The number of non-ortho nitro benzene ring substituents is 1. The molecule has 2 aromatic carbocycles. The molecule has 34 heavy (non-hydrogen) atoms. The van der Waals surface area contributed by atoms with Crippen molar-refractivity contribution in [3.05, 3.63) is 80.4 Å². The maximum atomic E-state index is 13.1. The van der Waals surface area contributed by atoms with Gasteiger partial charge in [0.2, 0.25) is 0 Å². The number of nitrogens with zero attached hydrogens (tertiary/aromatic N) is 3. The summed E-state index contributed by atoms with van der Waals surface area (Å²) in [4.78, 5) is 40.5. The second-order valence-electron chi connectivity index (χ2n) is 8.16. The summed E-state index contributed by atoms with van der Waals surface area (Å²) >= 11 is 5.94. The number of carbonyl (C=O) groups excluding carboxylic acids is 2. The fourth-order valence-corrected chi connectivity index (χ4v) is 4.44. The number of halogens is 1. The molecular weight excluding hydrogens is 462 g/mol. The van der Waals surface area contributed by atoms with Crippen LogP contribution in [-0.4, -0.2) is 70.9 Å². The van der Waals surface area contributed by atoms with Gasteiger partial charge < -0.3 is 14.7 Å². The van der Waals surface area contributed by atoms with E-state index in [0.29, 0.717) is 42.3 Å². The summed E-state index contributed by atoms with van der Waals surface area (Å²) in [6.45, 7) is 3.86. The van der Waals surface area contributed by atoms with Gasteiger partial charge in [0.05, 0.1) is 29.8 Å². The van der Waals surface area contributed by atoms with Crippen LogP contribution in [0.5, 0.6) is 0 Å². The minimum Gasteiger partial charge on any atom is -0.507 e. The van der Waals surface area contributed by atoms with Crippen LogP contribution in [0.4, 0.5) is 5.69 Å². The van der Waals surface area contributed by atoms with Crippen molar-refractivity contribution >= 4 is 34.7 Å². The van der Waals surface area contributed by atoms with Crippen LogP contribution in [0.2, 0.25) is 5.02 Å². The number of amides is 1. The van der Waals surface area contributed by atoms with E-state index in [0.717, 1.165) is 13.1 Å². The summed E-state index contributed by atoms with van der Waals surface area (Å²) in [5.41, 5.74) is 0.448. The second kappa shape index (κ2) is 10.3. The average molecular weight is 486 g/mol. The Hall–Kier alpha value is -3.27. The van der Waals surface area contributed by atoms with Crippen molar-refractivity contribution in [1.82, 2.24) is 9.80 Å². The molecule has 0 radical (unpaired) electrons. The van der Waals surface area contributed by atoms with E-state index in [9.17, 15) is 24.8 Å². The second-order valence-corrected chi connectivity index (χ2v) is 8.60. The molecule has 2 aromatic rings. The fraction of sp³-hybridized carbons (Fsp3) is 0.333. The summed E-state index contributed by atoms with van der Waals surface area (Å²) < 4.78 is 5.36. The fourth-order valence-electron chi connectivity index (χ4n) is 4.32. The summed E-state index contributed by atoms with van der Waals surface area (Å²) in [6.07, 6.45) is 0.597. The number of ketones is 1. The van der Waals surface area contributed by atoms with Crippen LogP contribution in [0.1, 0.15) is 23.6 Å². The Morgan fingerprint density at radius 1 is 1.12 bits per heavy atom. The molecule has 9 nitrogen and oxygen atoms in total.